The number of carbonyl (C=O) groups excluding carboxylic acids is 1. The average molecular weight is 411 g/mol. The number of anilines is 1. The minimum Gasteiger partial charge on any atom is -0.345 e. The van der Waals surface area contributed by atoms with Gasteiger partial charge in [0.2, 0.25) is 0 Å². The number of aromatic nitrogens is 4. The summed E-state index contributed by atoms with van der Waals surface area (Å²) in [5.41, 5.74) is 1.31. The van der Waals surface area contributed by atoms with Crippen molar-refractivity contribution in [2.45, 2.75) is 26.6 Å². The number of halogens is 3. The number of rotatable bonds is 2. The molecule has 0 radical (unpaired) electrons. The van der Waals surface area contributed by atoms with E-state index in [1.807, 2.05) is 6.92 Å². The summed E-state index contributed by atoms with van der Waals surface area (Å²) in [6, 6.07) is 4.47. The summed E-state index contributed by atoms with van der Waals surface area (Å²) >= 11 is 0. The van der Waals surface area contributed by atoms with Crippen LogP contribution >= 0.6 is 13.5 Å². The van der Waals surface area contributed by atoms with Gasteiger partial charge >= 0.3 is 6.18 Å². The fourth-order valence-corrected chi connectivity index (χ4v) is 3.12. The number of hydrogen-bond donors (Lipinski definition) is 1. The molecule has 1 aliphatic rings. The summed E-state index contributed by atoms with van der Waals surface area (Å²) in [7, 11) is 0. The molecular weight excluding hydrogens is 391 g/mol. The monoisotopic (exact) mass is 411 g/mol. The maximum absolute atomic E-state index is 13.0. The van der Waals surface area contributed by atoms with Gasteiger partial charge in [0.1, 0.15) is 5.69 Å². The van der Waals surface area contributed by atoms with Crippen molar-refractivity contribution in [3.8, 4) is 11.3 Å². The number of alkyl halides is 3. The number of nitrogens with zero attached hydrogens (tertiary/aromatic N) is 4. The number of amides is 1. The van der Waals surface area contributed by atoms with Crippen LogP contribution in [-0.4, -0.2) is 32.2 Å². The van der Waals surface area contributed by atoms with Crippen LogP contribution in [0, 0.1) is 0 Å². The molecule has 3 aromatic rings. The van der Waals surface area contributed by atoms with Crippen LogP contribution in [0.5, 0.6) is 0 Å². The van der Waals surface area contributed by atoms with Gasteiger partial charge in [-0.05, 0) is 31.2 Å². The number of nitrogens with one attached hydrogen (secondary N) is 1. The highest BCUT2D eigenvalue weighted by Gasteiger charge is 2.35. The van der Waals surface area contributed by atoms with Gasteiger partial charge in [-0.3, -0.25) is 9.48 Å². The molecule has 0 spiro atoms. The third kappa shape index (κ3) is 3.51. The number of fused-ring (bicyclic) bond motifs is 1. The molecule has 1 aliphatic heterocycles. The van der Waals surface area contributed by atoms with Crippen molar-refractivity contribution in [1.82, 2.24) is 19.7 Å². The first-order chi connectivity index (χ1) is 12.4. The largest absolute Gasteiger partial charge is 0.416 e. The average Bonchev–Trinajstić information content (AvgIpc) is 3.26. The molecule has 6 nitrogen and oxygen atoms in total. The second kappa shape index (κ2) is 7.70. The predicted molar refractivity (Wildman–Crippen MR) is 105 cm³/mol. The van der Waals surface area contributed by atoms with Crippen molar-refractivity contribution >= 4 is 25.1 Å². The molecular formula is C18H20F3N5OS. The molecule has 0 saturated heterocycles. The Labute approximate surface area is 166 Å². The number of hydrogen-bond acceptors (Lipinski definition) is 3. The van der Waals surface area contributed by atoms with E-state index in [4.69, 9.17) is 0 Å². The Morgan fingerprint density at radius 2 is 1.86 bits per heavy atom. The van der Waals surface area contributed by atoms with E-state index in [0.29, 0.717) is 29.2 Å². The van der Waals surface area contributed by atoms with E-state index in [1.165, 1.54) is 23.4 Å². The molecule has 1 atom stereocenters. The van der Waals surface area contributed by atoms with Crippen molar-refractivity contribution < 1.29 is 18.0 Å². The Hall–Kier alpha value is -2.75. The van der Waals surface area contributed by atoms with E-state index >= 15 is 0 Å². The summed E-state index contributed by atoms with van der Waals surface area (Å²) in [5, 5.41) is 4.29. The van der Waals surface area contributed by atoms with Gasteiger partial charge in [0.05, 0.1) is 41.6 Å². The van der Waals surface area contributed by atoms with Crippen molar-refractivity contribution in [2.24, 2.45) is 0 Å². The first-order valence-electron chi connectivity index (χ1n) is 7.91. The second-order valence-corrected chi connectivity index (χ2v) is 6.13. The summed E-state index contributed by atoms with van der Waals surface area (Å²) in [6.07, 6.45) is 0.272. The molecule has 0 bridgehead atoms. The Bertz CT molecular complexity index is 951. The fourth-order valence-electron chi connectivity index (χ4n) is 3.12. The van der Waals surface area contributed by atoms with Crippen LogP contribution in [0.3, 0.4) is 0 Å². The SMILES string of the molecule is C.C[C@H]1CN(c2ccc(C(F)(F)F)cc2)C(=O)c2c(-c3cnc[nH]3)cnn21.S. The Morgan fingerprint density at radius 1 is 1.18 bits per heavy atom. The van der Waals surface area contributed by atoms with Crippen LogP contribution in [0.1, 0.15) is 36.4 Å². The van der Waals surface area contributed by atoms with Gasteiger partial charge in [0.25, 0.3) is 5.91 Å². The van der Waals surface area contributed by atoms with E-state index < -0.39 is 11.7 Å². The molecule has 1 N–H and O–H groups in total. The molecule has 2 aromatic heterocycles. The van der Waals surface area contributed by atoms with E-state index in [1.54, 1.807) is 17.1 Å². The zero-order valence-electron chi connectivity index (χ0n) is 14.2. The van der Waals surface area contributed by atoms with Gasteiger partial charge in [-0.1, -0.05) is 7.43 Å². The van der Waals surface area contributed by atoms with Crippen molar-refractivity contribution in [3.63, 3.8) is 0 Å². The molecule has 1 amide bonds. The van der Waals surface area contributed by atoms with E-state index in [-0.39, 0.29) is 32.9 Å². The Kier molecular flexibility index (Phi) is 5.93. The minimum atomic E-state index is -4.41. The molecule has 0 saturated carbocycles. The Morgan fingerprint density at radius 3 is 2.43 bits per heavy atom. The topological polar surface area (TPSA) is 66.8 Å². The lowest BCUT2D eigenvalue weighted by Crippen LogP contribution is -2.42. The van der Waals surface area contributed by atoms with Crippen LogP contribution in [0.2, 0.25) is 0 Å². The lowest BCUT2D eigenvalue weighted by molar-refractivity contribution is -0.137. The standard InChI is InChI=1S/C17H14F3N5O.CH4.H2S/c1-10-8-24(12-4-2-11(3-5-12)17(18,19)20)16(26)15-13(6-23-25(10)15)14-7-21-9-22-14;;/h2-7,9-10H,8H2,1H3,(H,21,22);1H4;1H2/t10-;;/m0../s1. The lowest BCUT2D eigenvalue weighted by Gasteiger charge is -2.32. The number of H-pyrrole nitrogens is 1. The zero-order chi connectivity index (χ0) is 18.5. The summed E-state index contributed by atoms with van der Waals surface area (Å²) in [4.78, 5) is 21.4. The molecule has 28 heavy (non-hydrogen) atoms. The number of benzene rings is 1. The first-order valence-corrected chi connectivity index (χ1v) is 7.91. The normalized spacial score (nSPS) is 16.2. The first kappa shape index (κ1) is 21.5. The van der Waals surface area contributed by atoms with Gasteiger partial charge in [0.15, 0.2) is 0 Å². The molecule has 0 aliphatic carbocycles. The number of imidazole rings is 1. The minimum absolute atomic E-state index is 0. The molecule has 4 rings (SSSR count). The molecule has 3 heterocycles. The van der Waals surface area contributed by atoms with Crippen LogP contribution < -0.4 is 4.90 Å². The van der Waals surface area contributed by atoms with Crippen LogP contribution in [0.15, 0.2) is 43.0 Å². The molecule has 0 unspecified atom stereocenters. The van der Waals surface area contributed by atoms with Gasteiger partial charge in [0, 0.05) is 12.2 Å². The van der Waals surface area contributed by atoms with Gasteiger partial charge in [-0.2, -0.15) is 31.8 Å². The zero-order valence-corrected chi connectivity index (χ0v) is 15.2. The number of aromatic amines is 1. The van der Waals surface area contributed by atoms with Crippen molar-refractivity contribution in [1.29, 1.82) is 0 Å². The van der Waals surface area contributed by atoms with Crippen LogP contribution in [-0.2, 0) is 6.18 Å². The highest BCUT2D eigenvalue weighted by Crippen LogP contribution is 2.34. The maximum Gasteiger partial charge on any atom is 0.416 e. The third-order valence-corrected chi connectivity index (χ3v) is 4.40. The molecule has 150 valence electrons. The lowest BCUT2D eigenvalue weighted by atomic mass is 10.1. The maximum atomic E-state index is 13.0. The van der Waals surface area contributed by atoms with E-state index in [2.05, 4.69) is 15.1 Å². The van der Waals surface area contributed by atoms with Crippen molar-refractivity contribution in [2.75, 3.05) is 11.4 Å². The highest BCUT2D eigenvalue weighted by molar-refractivity contribution is 7.59. The molecule has 10 heteroatoms. The smallest absolute Gasteiger partial charge is 0.345 e. The van der Waals surface area contributed by atoms with Gasteiger partial charge < -0.3 is 9.88 Å². The molecule has 1 aromatic carbocycles. The quantitative estimate of drug-likeness (QED) is 0.685. The van der Waals surface area contributed by atoms with E-state index in [9.17, 15) is 18.0 Å². The third-order valence-electron chi connectivity index (χ3n) is 4.40. The highest BCUT2D eigenvalue weighted by atomic mass is 32.1. The summed E-state index contributed by atoms with van der Waals surface area (Å²) in [5.74, 6) is -0.315. The molecule has 0 fully saturated rings. The van der Waals surface area contributed by atoms with Crippen molar-refractivity contribution in [3.05, 3.63) is 54.2 Å². The van der Waals surface area contributed by atoms with Gasteiger partial charge in [-0.15, -0.1) is 0 Å². The second-order valence-electron chi connectivity index (χ2n) is 6.13. The fraction of sp³-hybridized carbons (Fsp3) is 0.278. The van der Waals surface area contributed by atoms with Crippen LogP contribution in [0.25, 0.3) is 11.3 Å². The van der Waals surface area contributed by atoms with Crippen LogP contribution in [0.4, 0.5) is 18.9 Å². The summed E-state index contributed by atoms with van der Waals surface area (Å²) in [6.45, 7) is 2.22. The summed E-state index contributed by atoms with van der Waals surface area (Å²) < 4.78 is 39.9. The van der Waals surface area contributed by atoms with Gasteiger partial charge in [-0.25, -0.2) is 4.98 Å². The predicted octanol–water partition coefficient (Wildman–Crippen LogP) is 4.26. The number of carbonyl (C=O) groups is 1. The Balaban J connectivity index is 0.00000140. The van der Waals surface area contributed by atoms with E-state index in [0.717, 1.165) is 12.1 Å².